The van der Waals surface area contributed by atoms with Crippen LogP contribution in [0.1, 0.15) is 51.9 Å². The molecule has 0 aromatic heterocycles. The van der Waals surface area contributed by atoms with Crippen LogP contribution in [0.2, 0.25) is 0 Å². The van der Waals surface area contributed by atoms with Gasteiger partial charge in [-0.2, -0.15) is 0 Å². The van der Waals surface area contributed by atoms with E-state index in [0.29, 0.717) is 11.3 Å². The van der Waals surface area contributed by atoms with E-state index in [4.69, 9.17) is 0 Å². The summed E-state index contributed by atoms with van der Waals surface area (Å²) in [6.45, 7) is 2.19. The van der Waals surface area contributed by atoms with Crippen LogP contribution >= 0.6 is 0 Å². The Labute approximate surface area is 92.6 Å². The molecule has 1 heteroatoms. The van der Waals surface area contributed by atoms with Crippen LogP contribution in [0, 0.1) is 29.1 Å². The molecular weight excluding hydrogens is 184 g/mol. The second-order valence-corrected chi connectivity index (χ2v) is 6.43. The highest BCUT2D eigenvalue weighted by Gasteiger charge is 2.53. The molecule has 0 saturated heterocycles. The molecule has 1 atom stereocenters. The Bertz CT molecular complexity index is 233. The van der Waals surface area contributed by atoms with E-state index in [0.717, 1.165) is 24.2 Å². The number of hydrogen-bond acceptors (Lipinski definition) is 1. The Morgan fingerprint density at radius 3 is 1.93 bits per heavy atom. The van der Waals surface area contributed by atoms with Crippen molar-refractivity contribution in [3.05, 3.63) is 0 Å². The van der Waals surface area contributed by atoms with E-state index < -0.39 is 0 Å². The Morgan fingerprint density at radius 1 is 1.13 bits per heavy atom. The first-order chi connectivity index (χ1) is 7.25. The highest BCUT2D eigenvalue weighted by molar-refractivity contribution is 5.55. The van der Waals surface area contributed by atoms with E-state index in [1.807, 2.05) is 0 Å². The molecule has 4 saturated carbocycles. The van der Waals surface area contributed by atoms with Gasteiger partial charge in [-0.15, -0.1) is 0 Å². The molecule has 0 spiro atoms. The second kappa shape index (κ2) is 3.33. The Morgan fingerprint density at radius 2 is 1.60 bits per heavy atom. The number of aldehydes is 1. The summed E-state index contributed by atoms with van der Waals surface area (Å²) in [6.07, 6.45) is 10.9. The van der Waals surface area contributed by atoms with E-state index in [9.17, 15) is 4.79 Å². The Hall–Kier alpha value is -0.330. The molecule has 0 aliphatic heterocycles. The topological polar surface area (TPSA) is 17.1 Å². The third-order valence-corrected chi connectivity index (χ3v) is 5.48. The molecule has 0 amide bonds. The third kappa shape index (κ3) is 1.38. The van der Waals surface area contributed by atoms with Gasteiger partial charge < -0.3 is 4.79 Å². The number of carbonyl (C=O) groups excluding carboxylic acids is 1. The SMILES string of the molecule is CCC(C=O)C12CC3CC(CC(C3)C1)C2. The van der Waals surface area contributed by atoms with Crippen LogP contribution in [-0.4, -0.2) is 6.29 Å². The highest BCUT2D eigenvalue weighted by Crippen LogP contribution is 2.62. The predicted octanol–water partition coefficient (Wildman–Crippen LogP) is 3.43. The summed E-state index contributed by atoms with van der Waals surface area (Å²) in [5, 5.41) is 0. The summed E-state index contributed by atoms with van der Waals surface area (Å²) >= 11 is 0. The van der Waals surface area contributed by atoms with Gasteiger partial charge >= 0.3 is 0 Å². The predicted molar refractivity (Wildman–Crippen MR) is 60.5 cm³/mol. The van der Waals surface area contributed by atoms with Crippen molar-refractivity contribution < 1.29 is 4.79 Å². The van der Waals surface area contributed by atoms with Crippen molar-refractivity contribution in [2.75, 3.05) is 0 Å². The zero-order valence-electron chi connectivity index (χ0n) is 9.74. The fourth-order valence-electron chi connectivity index (χ4n) is 5.31. The molecule has 15 heavy (non-hydrogen) atoms. The summed E-state index contributed by atoms with van der Waals surface area (Å²) in [5.41, 5.74) is 0.450. The van der Waals surface area contributed by atoms with Crippen molar-refractivity contribution in [1.82, 2.24) is 0 Å². The number of carbonyl (C=O) groups is 1. The quantitative estimate of drug-likeness (QED) is 0.647. The molecule has 4 aliphatic rings. The molecule has 0 N–H and O–H groups in total. The summed E-state index contributed by atoms with van der Waals surface area (Å²) in [4.78, 5) is 11.3. The van der Waals surface area contributed by atoms with Crippen molar-refractivity contribution in [1.29, 1.82) is 0 Å². The zero-order valence-corrected chi connectivity index (χ0v) is 9.74. The fourth-order valence-corrected chi connectivity index (χ4v) is 5.31. The average molecular weight is 206 g/mol. The first kappa shape index (κ1) is 9.86. The van der Waals surface area contributed by atoms with E-state index in [2.05, 4.69) is 6.92 Å². The standard InChI is InChI=1S/C14H22O/c1-2-13(9-15)14-6-10-3-11(7-14)5-12(4-10)8-14/h9-13H,2-8H2,1H3. The summed E-state index contributed by atoms with van der Waals surface area (Å²) in [6, 6.07) is 0. The van der Waals surface area contributed by atoms with Gasteiger partial charge in [-0.05, 0) is 68.1 Å². The lowest BCUT2D eigenvalue weighted by molar-refractivity contribution is -0.127. The van der Waals surface area contributed by atoms with Gasteiger partial charge in [0.05, 0.1) is 0 Å². The molecule has 0 heterocycles. The Balaban J connectivity index is 1.89. The van der Waals surface area contributed by atoms with Crippen molar-refractivity contribution in [2.45, 2.75) is 51.9 Å². The largest absolute Gasteiger partial charge is 0.303 e. The fraction of sp³-hybridized carbons (Fsp3) is 0.929. The van der Waals surface area contributed by atoms with Crippen LogP contribution in [0.4, 0.5) is 0 Å². The molecule has 0 aromatic rings. The second-order valence-electron chi connectivity index (χ2n) is 6.43. The van der Waals surface area contributed by atoms with Crippen molar-refractivity contribution >= 4 is 6.29 Å². The normalized spacial score (nSPS) is 49.3. The minimum Gasteiger partial charge on any atom is -0.303 e. The van der Waals surface area contributed by atoms with Gasteiger partial charge in [-0.25, -0.2) is 0 Å². The van der Waals surface area contributed by atoms with E-state index in [1.54, 1.807) is 0 Å². The minimum atomic E-state index is 0.367. The van der Waals surface area contributed by atoms with Crippen LogP contribution in [0.5, 0.6) is 0 Å². The van der Waals surface area contributed by atoms with E-state index in [1.165, 1.54) is 44.8 Å². The van der Waals surface area contributed by atoms with Crippen molar-refractivity contribution in [2.24, 2.45) is 29.1 Å². The van der Waals surface area contributed by atoms with Gasteiger partial charge in [0.2, 0.25) is 0 Å². The molecule has 4 fully saturated rings. The monoisotopic (exact) mass is 206 g/mol. The van der Waals surface area contributed by atoms with Gasteiger partial charge in [0, 0.05) is 5.92 Å². The molecule has 4 bridgehead atoms. The van der Waals surface area contributed by atoms with E-state index >= 15 is 0 Å². The van der Waals surface area contributed by atoms with Crippen molar-refractivity contribution in [3.8, 4) is 0 Å². The lowest BCUT2D eigenvalue weighted by Crippen LogP contribution is -2.49. The molecule has 0 radical (unpaired) electrons. The van der Waals surface area contributed by atoms with Gasteiger partial charge in [0.15, 0.2) is 0 Å². The van der Waals surface area contributed by atoms with Crippen LogP contribution < -0.4 is 0 Å². The first-order valence-electron chi connectivity index (χ1n) is 6.71. The molecule has 4 aliphatic carbocycles. The van der Waals surface area contributed by atoms with Gasteiger partial charge in [-0.3, -0.25) is 0 Å². The third-order valence-electron chi connectivity index (χ3n) is 5.48. The van der Waals surface area contributed by atoms with Crippen LogP contribution in [-0.2, 0) is 4.79 Å². The lowest BCUT2D eigenvalue weighted by atomic mass is 9.46. The summed E-state index contributed by atoms with van der Waals surface area (Å²) < 4.78 is 0. The summed E-state index contributed by atoms with van der Waals surface area (Å²) in [5.74, 6) is 3.30. The average Bonchev–Trinajstić information content (AvgIpc) is 2.16. The Kier molecular flexibility index (Phi) is 2.19. The zero-order chi connectivity index (χ0) is 10.5. The maximum absolute atomic E-state index is 11.3. The highest BCUT2D eigenvalue weighted by atomic mass is 16.1. The van der Waals surface area contributed by atoms with E-state index in [-0.39, 0.29) is 0 Å². The molecule has 4 rings (SSSR count). The molecule has 0 aromatic carbocycles. The maximum atomic E-state index is 11.3. The lowest BCUT2D eigenvalue weighted by Gasteiger charge is -2.58. The van der Waals surface area contributed by atoms with Gasteiger partial charge in [0.25, 0.3) is 0 Å². The molecule has 1 unspecified atom stereocenters. The van der Waals surface area contributed by atoms with Crippen LogP contribution in [0.15, 0.2) is 0 Å². The minimum absolute atomic E-state index is 0.367. The molecule has 84 valence electrons. The van der Waals surface area contributed by atoms with Crippen LogP contribution in [0.25, 0.3) is 0 Å². The van der Waals surface area contributed by atoms with Gasteiger partial charge in [0.1, 0.15) is 6.29 Å². The molecular formula is C14H22O. The molecule has 1 nitrogen and oxygen atoms in total. The first-order valence-corrected chi connectivity index (χ1v) is 6.71. The number of rotatable bonds is 3. The van der Waals surface area contributed by atoms with Gasteiger partial charge in [-0.1, -0.05) is 6.92 Å². The van der Waals surface area contributed by atoms with Crippen LogP contribution in [0.3, 0.4) is 0 Å². The van der Waals surface area contributed by atoms with Crippen molar-refractivity contribution in [3.63, 3.8) is 0 Å². The summed E-state index contributed by atoms with van der Waals surface area (Å²) in [7, 11) is 0. The maximum Gasteiger partial charge on any atom is 0.123 e. The smallest absolute Gasteiger partial charge is 0.123 e. The number of hydrogen-bond donors (Lipinski definition) is 0.